The third-order valence-electron chi connectivity index (χ3n) is 3.48. The Morgan fingerprint density at radius 2 is 1.83 bits per heavy atom. The smallest absolute Gasteiger partial charge is 0.416 e. The molecule has 0 aromatic heterocycles. The molecule has 0 aliphatic heterocycles. The summed E-state index contributed by atoms with van der Waals surface area (Å²) in [6.45, 7) is 5.31. The van der Waals surface area contributed by atoms with Gasteiger partial charge in [-0.2, -0.15) is 13.2 Å². The highest BCUT2D eigenvalue weighted by atomic mass is 35.5. The minimum absolute atomic E-state index is 0.0997. The standard InChI is InChI=1S/C21H18ClF3O4/c1-3-12-27-20(26)11-4-14(2)28-16-6-8-17(9-7-16)29-19-10-5-15(13-18(19)22)21(23,24)25/h3-11,13-14H,1,12H2,2H3/b11-4+. The van der Waals surface area contributed by atoms with Gasteiger partial charge < -0.3 is 14.2 Å². The summed E-state index contributed by atoms with van der Waals surface area (Å²) >= 11 is 5.88. The van der Waals surface area contributed by atoms with Gasteiger partial charge in [0.05, 0.1) is 10.6 Å². The second-order valence-corrected chi connectivity index (χ2v) is 6.22. The number of rotatable bonds is 8. The molecule has 1 atom stereocenters. The van der Waals surface area contributed by atoms with Crippen molar-refractivity contribution in [2.24, 2.45) is 0 Å². The van der Waals surface area contributed by atoms with Crippen molar-refractivity contribution in [1.29, 1.82) is 0 Å². The van der Waals surface area contributed by atoms with E-state index in [2.05, 4.69) is 6.58 Å². The second kappa shape index (κ2) is 10.0. The van der Waals surface area contributed by atoms with Crippen molar-refractivity contribution in [3.05, 3.63) is 77.9 Å². The van der Waals surface area contributed by atoms with E-state index in [0.29, 0.717) is 11.5 Å². The van der Waals surface area contributed by atoms with Crippen molar-refractivity contribution >= 4 is 17.6 Å². The average Bonchev–Trinajstić information content (AvgIpc) is 2.67. The van der Waals surface area contributed by atoms with Gasteiger partial charge in [0, 0.05) is 6.08 Å². The lowest BCUT2D eigenvalue weighted by atomic mass is 10.2. The molecule has 0 heterocycles. The summed E-state index contributed by atoms with van der Waals surface area (Å²) in [6.07, 6.45) is -0.611. The summed E-state index contributed by atoms with van der Waals surface area (Å²) in [6, 6.07) is 9.26. The lowest BCUT2D eigenvalue weighted by molar-refractivity contribution is -0.138. The molecule has 1 unspecified atom stereocenters. The van der Waals surface area contributed by atoms with Crippen molar-refractivity contribution in [3.8, 4) is 17.2 Å². The largest absolute Gasteiger partial charge is 0.487 e. The minimum atomic E-state index is -4.48. The Bertz CT molecular complexity index is 876. The van der Waals surface area contributed by atoms with Crippen LogP contribution in [0.25, 0.3) is 0 Å². The van der Waals surface area contributed by atoms with Crippen LogP contribution < -0.4 is 9.47 Å². The fourth-order valence-corrected chi connectivity index (χ4v) is 2.35. The number of alkyl halides is 3. The van der Waals surface area contributed by atoms with Crippen molar-refractivity contribution in [2.75, 3.05) is 6.61 Å². The fourth-order valence-electron chi connectivity index (χ4n) is 2.13. The van der Waals surface area contributed by atoms with E-state index < -0.39 is 23.8 Å². The van der Waals surface area contributed by atoms with Gasteiger partial charge in [-0.25, -0.2) is 4.79 Å². The predicted octanol–water partition coefficient (Wildman–Crippen LogP) is 6.20. The van der Waals surface area contributed by atoms with Gasteiger partial charge in [-0.1, -0.05) is 24.3 Å². The maximum Gasteiger partial charge on any atom is 0.416 e. The number of hydrogen-bond donors (Lipinski definition) is 0. The van der Waals surface area contributed by atoms with E-state index in [1.165, 1.54) is 18.2 Å². The van der Waals surface area contributed by atoms with Crippen LogP contribution in [-0.4, -0.2) is 18.7 Å². The summed E-state index contributed by atoms with van der Waals surface area (Å²) in [5.41, 5.74) is -0.853. The quantitative estimate of drug-likeness (QED) is 0.286. The van der Waals surface area contributed by atoms with Crippen LogP contribution in [0.2, 0.25) is 5.02 Å². The topological polar surface area (TPSA) is 44.8 Å². The molecule has 8 heteroatoms. The van der Waals surface area contributed by atoms with Crippen molar-refractivity contribution in [2.45, 2.75) is 19.2 Å². The fraction of sp³-hybridized carbons (Fsp3) is 0.190. The molecule has 0 aliphatic carbocycles. The summed E-state index contributed by atoms with van der Waals surface area (Å²) in [5, 5.41) is -0.151. The van der Waals surface area contributed by atoms with Gasteiger partial charge in [0.25, 0.3) is 0 Å². The Balaban J connectivity index is 1.96. The van der Waals surface area contributed by atoms with Crippen molar-refractivity contribution in [3.63, 3.8) is 0 Å². The van der Waals surface area contributed by atoms with Crippen LogP contribution in [0.5, 0.6) is 17.2 Å². The predicted molar refractivity (Wildman–Crippen MR) is 103 cm³/mol. The molecular formula is C21H18ClF3O4. The van der Waals surface area contributed by atoms with Crippen LogP contribution in [0.1, 0.15) is 12.5 Å². The Labute approximate surface area is 171 Å². The first-order chi connectivity index (χ1) is 13.7. The molecular weight excluding hydrogens is 409 g/mol. The molecule has 2 aromatic rings. The van der Waals surface area contributed by atoms with Crippen LogP contribution >= 0.6 is 11.6 Å². The molecule has 0 aliphatic rings. The van der Waals surface area contributed by atoms with E-state index in [1.807, 2.05) is 0 Å². The first-order valence-corrected chi connectivity index (χ1v) is 8.84. The number of ether oxygens (including phenoxy) is 3. The lowest BCUT2D eigenvalue weighted by Gasteiger charge is -2.13. The number of esters is 1. The zero-order valence-electron chi connectivity index (χ0n) is 15.4. The summed E-state index contributed by atoms with van der Waals surface area (Å²) in [5.74, 6) is 0.475. The van der Waals surface area contributed by atoms with Crippen molar-refractivity contribution < 1.29 is 32.2 Å². The number of halogens is 4. The Kier molecular flexibility index (Phi) is 7.73. The monoisotopic (exact) mass is 426 g/mol. The molecule has 154 valence electrons. The highest BCUT2D eigenvalue weighted by Crippen LogP contribution is 2.36. The van der Waals surface area contributed by atoms with Crippen molar-refractivity contribution in [1.82, 2.24) is 0 Å². The molecule has 0 bridgehead atoms. The molecule has 0 N–H and O–H groups in total. The van der Waals surface area contributed by atoms with Crippen LogP contribution in [0.15, 0.2) is 67.3 Å². The van der Waals surface area contributed by atoms with Gasteiger partial charge >= 0.3 is 12.1 Å². The Hall–Kier alpha value is -2.93. The molecule has 4 nitrogen and oxygen atoms in total. The van der Waals surface area contributed by atoms with Crippen LogP contribution in [0.3, 0.4) is 0 Å². The van der Waals surface area contributed by atoms with E-state index >= 15 is 0 Å². The van der Waals surface area contributed by atoms with E-state index in [9.17, 15) is 18.0 Å². The third-order valence-corrected chi connectivity index (χ3v) is 3.77. The van der Waals surface area contributed by atoms with E-state index in [4.69, 9.17) is 25.8 Å². The molecule has 0 saturated carbocycles. The molecule has 0 fully saturated rings. The molecule has 2 rings (SSSR count). The highest BCUT2D eigenvalue weighted by Gasteiger charge is 2.31. The van der Waals surface area contributed by atoms with Gasteiger partial charge in [0.1, 0.15) is 30.0 Å². The normalized spacial score (nSPS) is 12.4. The van der Waals surface area contributed by atoms with E-state index in [-0.39, 0.29) is 17.4 Å². The van der Waals surface area contributed by atoms with E-state index in [1.54, 1.807) is 31.2 Å². The van der Waals surface area contributed by atoms with Crippen LogP contribution in [0, 0.1) is 0 Å². The average molecular weight is 427 g/mol. The molecule has 0 spiro atoms. The Morgan fingerprint density at radius 3 is 2.41 bits per heavy atom. The maximum atomic E-state index is 12.7. The molecule has 0 radical (unpaired) electrons. The lowest BCUT2D eigenvalue weighted by Crippen LogP contribution is -2.09. The minimum Gasteiger partial charge on any atom is -0.487 e. The SMILES string of the molecule is C=CCOC(=O)/C=C/C(C)Oc1ccc(Oc2ccc(C(F)(F)F)cc2Cl)cc1. The van der Waals surface area contributed by atoms with Gasteiger partial charge in [-0.3, -0.25) is 0 Å². The molecule has 0 saturated heterocycles. The van der Waals surface area contributed by atoms with Gasteiger partial charge in [-0.05, 0) is 55.5 Å². The number of benzene rings is 2. The maximum absolute atomic E-state index is 12.7. The summed E-state index contributed by atoms with van der Waals surface area (Å²) in [7, 11) is 0. The number of carbonyl (C=O) groups is 1. The summed E-state index contributed by atoms with van der Waals surface area (Å²) < 4.78 is 54.0. The zero-order chi connectivity index (χ0) is 21.4. The van der Waals surface area contributed by atoms with Crippen LogP contribution in [0.4, 0.5) is 13.2 Å². The Morgan fingerprint density at radius 1 is 1.17 bits per heavy atom. The first kappa shape index (κ1) is 22.4. The molecule has 2 aromatic carbocycles. The van der Waals surface area contributed by atoms with Crippen LogP contribution in [-0.2, 0) is 15.7 Å². The highest BCUT2D eigenvalue weighted by molar-refractivity contribution is 6.32. The third kappa shape index (κ3) is 7.19. The first-order valence-electron chi connectivity index (χ1n) is 8.46. The van der Waals surface area contributed by atoms with Gasteiger partial charge in [-0.15, -0.1) is 0 Å². The number of hydrogen-bond acceptors (Lipinski definition) is 4. The zero-order valence-corrected chi connectivity index (χ0v) is 16.2. The second-order valence-electron chi connectivity index (χ2n) is 5.82. The molecule has 29 heavy (non-hydrogen) atoms. The summed E-state index contributed by atoms with van der Waals surface area (Å²) in [4.78, 5) is 11.4. The van der Waals surface area contributed by atoms with E-state index in [0.717, 1.165) is 18.2 Å². The number of carbonyl (C=O) groups excluding carboxylic acids is 1. The molecule has 0 amide bonds. The van der Waals surface area contributed by atoms with Gasteiger partial charge in [0.2, 0.25) is 0 Å². The van der Waals surface area contributed by atoms with Gasteiger partial charge in [0.15, 0.2) is 0 Å².